The Morgan fingerprint density at radius 1 is 1.03 bits per heavy atom. The molecule has 31 heavy (non-hydrogen) atoms. The minimum absolute atomic E-state index is 0.171. The summed E-state index contributed by atoms with van der Waals surface area (Å²) < 4.78 is 9.73. The molecule has 4 aromatic rings. The Kier molecular flexibility index (Phi) is 6.60. The molecule has 0 unspecified atom stereocenters. The first kappa shape index (κ1) is 21.8. The number of rotatable bonds is 6. The third-order valence-electron chi connectivity index (χ3n) is 4.70. The molecule has 0 fully saturated rings. The Bertz CT molecular complexity index is 1210. The standard InChI is InChI=1S/C23H19Br2N3O2S/c1-14-22(25)15(2)28(27-14)18-7-5-17(6-8-18)26-23(29)16-3-9-19(10-4-16)30-13-20-11-12-21(24)31-20/h3-12H,13H2,1-2H3,(H,26,29). The van der Waals surface area contributed by atoms with Crippen molar-refractivity contribution in [2.24, 2.45) is 0 Å². The fourth-order valence-corrected chi connectivity index (χ4v) is 4.69. The molecule has 0 saturated carbocycles. The molecule has 0 radical (unpaired) electrons. The van der Waals surface area contributed by atoms with Crippen molar-refractivity contribution in [3.05, 3.63) is 90.8 Å². The summed E-state index contributed by atoms with van der Waals surface area (Å²) in [6.07, 6.45) is 0. The topological polar surface area (TPSA) is 56.2 Å². The molecular weight excluding hydrogens is 542 g/mol. The molecule has 1 N–H and O–H groups in total. The van der Waals surface area contributed by atoms with Gasteiger partial charge in [-0.3, -0.25) is 4.79 Å². The monoisotopic (exact) mass is 559 g/mol. The number of nitrogens with one attached hydrogen (secondary N) is 1. The molecule has 0 bridgehead atoms. The fraction of sp³-hybridized carbons (Fsp3) is 0.130. The van der Waals surface area contributed by atoms with Gasteiger partial charge in [-0.25, -0.2) is 4.68 Å². The molecule has 0 aliphatic carbocycles. The van der Waals surface area contributed by atoms with Crippen LogP contribution < -0.4 is 10.1 Å². The van der Waals surface area contributed by atoms with E-state index in [9.17, 15) is 4.79 Å². The number of carbonyl (C=O) groups is 1. The summed E-state index contributed by atoms with van der Waals surface area (Å²) in [7, 11) is 0. The van der Waals surface area contributed by atoms with Gasteiger partial charge in [0.05, 0.1) is 25.3 Å². The van der Waals surface area contributed by atoms with Gasteiger partial charge in [0, 0.05) is 16.1 Å². The number of aryl methyl sites for hydroxylation is 1. The van der Waals surface area contributed by atoms with E-state index < -0.39 is 0 Å². The van der Waals surface area contributed by atoms with Gasteiger partial charge in [-0.15, -0.1) is 11.3 Å². The Morgan fingerprint density at radius 2 is 1.74 bits per heavy atom. The van der Waals surface area contributed by atoms with Crippen LogP contribution >= 0.6 is 43.2 Å². The second-order valence-corrected chi connectivity index (χ2v) is 10.3. The average molecular weight is 561 g/mol. The normalized spacial score (nSPS) is 10.8. The second-order valence-electron chi connectivity index (χ2n) is 6.92. The largest absolute Gasteiger partial charge is 0.488 e. The second kappa shape index (κ2) is 9.38. The highest BCUT2D eigenvalue weighted by Crippen LogP contribution is 2.25. The Morgan fingerprint density at radius 3 is 2.32 bits per heavy atom. The molecule has 2 aromatic carbocycles. The van der Waals surface area contributed by atoms with Crippen molar-refractivity contribution in [2.75, 3.05) is 5.32 Å². The molecule has 4 rings (SSSR count). The summed E-state index contributed by atoms with van der Waals surface area (Å²) in [5.74, 6) is 0.553. The van der Waals surface area contributed by atoms with Crippen LogP contribution in [-0.2, 0) is 6.61 Å². The summed E-state index contributed by atoms with van der Waals surface area (Å²) in [5, 5.41) is 7.46. The highest BCUT2D eigenvalue weighted by molar-refractivity contribution is 9.11. The number of ether oxygens (including phenoxy) is 1. The molecule has 8 heteroatoms. The van der Waals surface area contributed by atoms with E-state index in [1.165, 1.54) is 0 Å². The van der Waals surface area contributed by atoms with Crippen LogP contribution in [-0.4, -0.2) is 15.7 Å². The predicted octanol–water partition coefficient (Wildman–Crippen LogP) is 6.91. The molecule has 5 nitrogen and oxygen atoms in total. The van der Waals surface area contributed by atoms with Gasteiger partial charge in [-0.05, 0) is 106 Å². The Balaban J connectivity index is 1.38. The number of benzene rings is 2. The first-order valence-electron chi connectivity index (χ1n) is 9.51. The zero-order chi connectivity index (χ0) is 22.0. The average Bonchev–Trinajstić information content (AvgIpc) is 3.31. The Labute approximate surface area is 201 Å². The van der Waals surface area contributed by atoms with Crippen molar-refractivity contribution >= 4 is 54.8 Å². The lowest BCUT2D eigenvalue weighted by molar-refractivity contribution is 0.102. The van der Waals surface area contributed by atoms with Crippen LogP contribution in [0.2, 0.25) is 0 Å². The van der Waals surface area contributed by atoms with Gasteiger partial charge >= 0.3 is 0 Å². The van der Waals surface area contributed by atoms with E-state index in [-0.39, 0.29) is 5.91 Å². The van der Waals surface area contributed by atoms with Gasteiger partial charge in [0.2, 0.25) is 0 Å². The highest BCUT2D eigenvalue weighted by atomic mass is 79.9. The molecule has 0 spiro atoms. The van der Waals surface area contributed by atoms with Crippen LogP contribution in [0.1, 0.15) is 26.6 Å². The summed E-state index contributed by atoms with van der Waals surface area (Å²) in [5.41, 5.74) is 4.19. The maximum Gasteiger partial charge on any atom is 0.255 e. The number of thiophene rings is 1. The predicted molar refractivity (Wildman–Crippen MR) is 131 cm³/mol. The van der Waals surface area contributed by atoms with E-state index in [2.05, 4.69) is 42.3 Å². The van der Waals surface area contributed by atoms with Gasteiger partial charge < -0.3 is 10.1 Å². The smallest absolute Gasteiger partial charge is 0.255 e. The summed E-state index contributed by atoms with van der Waals surface area (Å²) in [4.78, 5) is 13.7. The molecule has 2 heterocycles. The molecule has 1 amide bonds. The van der Waals surface area contributed by atoms with Crippen molar-refractivity contribution in [3.8, 4) is 11.4 Å². The maximum absolute atomic E-state index is 12.6. The fourth-order valence-electron chi connectivity index (χ4n) is 3.05. The first-order valence-corrected chi connectivity index (χ1v) is 11.9. The zero-order valence-electron chi connectivity index (χ0n) is 16.9. The lowest BCUT2D eigenvalue weighted by Crippen LogP contribution is -2.11. The maximum atomic E-state index is 12.6. The van der Waals surface area contributed by atoms with Gasteiger partial charge in [-0.2, -0.15) is 5.10 Å². The van der Waals surface area contributed by atoms with E-state index >= 15 is 0 Å². The van der Waals surface area contributed by atoms with E-state index in [1.807, 2.05) is 54.9 Å². The summed E-state index contributed by atoms with van der Waals surface area (Å²) >= 11 is 8.63. The number of aromatic nitrogens is 2. The number of hydrogen-bond donors (Lipinski definition) is 1. The van der Waals surface area contributed by atoms with Gasteiger partial charge in [0.25, 0.3) is 5.91 Å². The number of amides is 1. The number of carbonyl (C=O) groups excluding carboxylic acids is 1. The quantitative estimate of drug-likeness (QED) is 0.279. The first-order chi connectivity index (χ1) is 14.9. The van der Waals surface area contributed by atoms with E-state index in [4.69, 9.17) is 4.74 Å². The molecular formula is C23H19Br2N3O2S. The van der Waals surface area contributed by atoms with Gasteiger partial charge in [0.15, 0.2) is 0 Å². The van der Waals surface area contributed by atoms with E-state index in [1.54, 1.807) is 35.6 Å². The SMILES string of the molecule is Cc1nn(-c2ccc(NC(=O)c3ccc(OCc4ccc(Br)s4)cc3)cc2)c(C)c1Br. The van der Waals surface area contributed by atoms with Crippen LogP contribution in [0.4, 0.5) is 5.69 Å². The Hall–Kier alpha value is -2.42. The zero-order valence-corrected chi connectivity index (χ0v) is 20.8. The number of nitrogens with zero attached hydrogens (tertiary/aromatic N) is 2. The molecule has 0 aliphatic rings. The summed E-state index contributed by atoms with van der Waals surface area (Å²) in [6.45, 7) is 4.46. The van der Waals surface area contributed by atoms with Crippen molar-refractivity contribution in [1.29, 1.82) is 0 Å². The highest BCUT2D eigenvalue weighted by Gasteiger charge is 2.11. The lowest BCUT2D eigenvalue weighted by Gasteiger charge is -2.09. The van der Waals surface area contributed by atoms with Gasteiger partial charge in [-0.1, -0.05) is 0 Å². The van der Waals surface area contributed by atoms with Crippen LogP contribution in [0.25, 0.3) is 5.69 Å². The third kappa shape index (κ3) is 5.08. The van der Waals surface area contributed by atoms with E-state index in [0.29, 0.717) is 12.2 Å². The van der Waals surface area contributed by atoms with Crippen LogP contribution in [0, 0.1) is 13.8 Å². The number of hydrogen-bond acceptors (Lipinski definition) is 4. The van der Waals surface area contributed by atoms with Crippen molar-refractivity contribution in [2.45, 2.75) is 20.5 Å². The van der Waals surface area contributed by atoms with Crippen molar-refractivity contribution < 1.29 is 9.53 Å². The molecule has 2 aromatic heterocycles. The third-order valence-corrected chi connectivity index (χ3v) is 7.44. The minimum atomic E-state index is -0.171. The van der Waals surface area contributed by atoms with Crippen molar-refractivity contribution in [1.82, 2.24) is 9.78 Å². The van der Waals surface area contributed by atoms with Crippen LogP contribution in [0.3, 0.4) is 0 Å². The molecule has 0 aliphatic heterocycles. The van der Waals surface area contributed by atoms with Crippen LogP contribution in [0.5, 0.6) is 5.75 Å². The van der Waals surface area contributed by atoms with Crippen LogP contribution in [0.15, 0.2) is 68.9 Å². The van der Waals surface area contributed by atoms with E-state index in [0.717, 1.165) is 41.6 Å². The lowest BCUT2D eigenvalue weighted by atomic mass is 10.2. The number of halogens is 2. The minimum Gasteiger partial charge on any atom is -0.488 e. The van der Waals surface area contributed by atoms with Crippen molar-refractivity contribution in [3.63, 3.8) is 0 Å². The molecule has 158 valence electrons. The van der Waals surface area contributed by atoms with Gasteiger partial charge in [0.1, 0.15) is 12.4 Å². The summed E-state index contributed by atoms with van der Waals surface area (Å²) in [6, 6.07) is 18.8. The molecule has 0 saturated heterocycles. The number of anilines is 1. The molecule has 0 atom stereocenters.